The Hall–Kier alpha value is -3.65. The van der Waals surface area contributed by atoms with Crippen LogP contribution in [0.15, 0.2) is 42.5 Å². The number of amides is 2. The summed E-state index contributed by atoms with van der Waals surface area (Å²) in [5.74, 6) is -0.860. The first-order valence-corrected chi connectivity index (χ1v) is 11.2. The van der Waals surface area contributed by atoms with Gasteiger partial charge in [-0.1, -0.05) is 23.8 Å². The molecule has 3 rings (SSSR count). The number of carbonyl (C=O) groups excluding carboxylic acids is 3. The molecule has 0 aliphatic rings. The molecular weight excluding hydrogens is 440 g/mol. The fraction of sp³-hybridized carbons (Fsp3) is 0.240. The minimum Gasteiger partial charge on any atom is -0.497 e. The van der Waals surface area contributed by atoms with Crippen molar-refractivity contribution in [1.82, 2.24) is 0 Å². The normalized spacial score (nSPS) is 10.5. The second-order valence-corrected chi connectivity index (χ2v) is 8.46. The number of nitrogens with one attached hydrogen (secondary N) is 2. The molecule has 33 heavy (non-hydrogen) atoms. The molecule has 0 spiro atoms. The highest BCUT2D eigenvalue weighted by Gasteiger charge is 2.27. The molecule has 0 fully saturated rings. The van der Waals surface area contributed by atoms with Gasteiger partial charge in [0, 0.05) is 11.3 Å². The summed E-state index contributed by atoms with van der Waals surface area (Å²) in [5.41, 5.74) is 3.67. The number of ether oxygens (including phenoxy) is 2. The number of aryl methyl sites for hydroxylation is 2. The van der Waals surface area contributed by atoms with Crippen LogP contribution in [0.3, 0.4) is 0 Å². The van der Waals surface area contributed by atoms with Crippen molar-refractivity contribution in [3.8, 4) is 5.75 Å². The van der Waals surface area contributed by atoms with Crippen molar-refractivity contribution < 1.29 is 23.9 Å². The zero-order valence-electron chi connectivity index (χ0n) is 19.2. The molecule has 0 saturated carbocycles. The molecule has 3 aromatic rings. The number of esters is 1. The second-order valence-electron chi connectivity index (χ2n) is 7.44. The Morgan fingerprint density at radius 3 is 2.39 bits per heavy atom. The number of hydrogen-bond donors (Lipinski definition) is 2. The maximum Gasteiger partial charge on any atom is 0.341 e. The standard InChI is InChI=1S/C25H26N2O5S/c1-6-32-25(30)20-16(4)21(23(29)26-19-11-10-14(2)12-15(19)3)33-24(20)27-22(28)17-8-7-9-18(13-17)31-5/h7-13H,6H2,1-5H3,(H,26,29)(H,27,28). The lowest BCUT2D eigenvalue weighted by Crippen LogP contribution is -2.15. The number of carbonyl (C=O) groups is 3. The Bertz CT molecular complexity index is 1220. The van der Waals surface area contributed by atoms with Gasteiger partial charge in [0.15, 0.2) is 0 Å². The summed E-state index contributed by atoms with van der Waals surface area (Å²) < 4.78 is 10.4. The molecule has 7 nitrogen and oxygen atoms in total. The Balaban J connectivity index is 1.95. The Kier molecular flexibility index (Phi) is 7.50. The molecule has 172 valence electrons. The summed E-state index contributed by atoms with van der Waals surface area (Å²) in [6.45, 7) is 7.42. The van der Waals surface area contributed by atoms with Crippen LogP contribution in [0.25, 0.3) is 0 Å². The first-order chi connectivity index (χ1) is 15.7. The predicted octanol–water partition coefficient (Wildman–Crippen LogP) is 5.36. The number of thiophene rings is 1. The molecule has 8 heteroatoms. The van der Waals surface area contributed by atoms with E-state index >= 15 is 0 Å². The minimum atomic E-state index is -0.599. The largest absolute Gasteiger partial charge is 0.497 e. The van der Waals surface area contributed by atoms with Crippen molar-refractivity contribution >= 4 is 39.8 Å². The highest BCUT2D eigenvalue weighted by molar-refractivity contribution is 7.19. The van der Waals surface area contributed by atoms with Crippen molar-refractivity contribution in [1.29, 1.82) is 0 Å². The van der Waals surface area contributed by atoms with Gasteiger partial charge in [0.2, 0.25) is 0 Å². The van der Waals surface area contributed by atoms with Crippen LogP contribution in [0.5, 0.6) is 5.75 Å². The van der Waals surface area contributed by atoms with Crippen molar-refractivity contribution in [3.05, 3.63) is 75.2 Å². The summed E-state index contributed by atoms with van der Waals surface area (Å²) >= 11 is 1.03. The summed E-state index contributed by atoms with van der Waals surface area (Å²) in [6, 6.07) is 12.4. The maximum atomic E-state index is 13.1. The maximum absolute atomic E-state index is 13.1. The van der Waals surface area contributed by atoms with Gasteiger partial charge in [0.1, 0.15) is 10.8 Å². The molecule has 0 saturated heterocycles. The third-order valence-corrected chi connectivity index (χ3v) is 6.23. The summed E-state index contributed by atoms with van der Waals surface area (Å²) in [4.78, 5) is 38.9. The van der Waals surface area contributed by atoms with Gasteiger partial charge in [-0.3, -0.25) is 9.59 Å². The van der Waals surface area contributed by atoms with Crippen molar-refractivity contribution in [2.75, 3.05) is 24.4 Å². The van der Waals surface area contributed by atoms with Gasteiger partial charge in [0.25, 0.3) is 11.8 Å². The number of methoxy groups -OCH3 is 1. The minimum absolute atomic E-state index is 0.168. The van der Waals surface area contributed by atoms with E-state index in [1.54, 1.807) is 38.1 Å². The summed E-state index contributed by atoms with van der Waals surface area (Å²) in [7, 11) is 1.51. The van der Waals surface area contributed by atoms with E-state index < -0.39 is 11.9 Å². The SMILES string of the molecule is CCOC(=O)c1c(NC(=O)c2cccc(OC)c2)sc(C(=O)Nc2ccc(C)cc2C)c1C. The van der Waals surface area contributed by atoms with Gasteiger partial charge in [-0.25, -0.2) is 4.79 Å². The topological polar surface area (TPSA) is 93.7 Å². The fourth-order valence-corrected chi connectivity index (χ4v) is 4.42. The lowest BCUT2D eigenvalue weighted by atomic mass is 10.1. The van der Waals surface area contributed by atoms with E-state index in [0.717, 1.165) is 22.5 Å². The van der Waals surface area contributed by atoms with E-state index in [1.165, 1.54) is 7.11 Å². The van der Waals surface area contributed by atoms with Gasteiger partial charge < -0.3 is 20.1 Å². The zero-order chi connectivity index (χ0) is 24.1. The quantitative estimate of drug-likeness (QED) is 0.457. The summed E-state index contributed by atoms with van der Waals surface area (Å²) in [5, 5.41) is 5.91. The van der Waals surface area contributed by atoms with Gasteiger partial charge in [0.05, 0.1) is 24.2 Å². The molecule has 0 radical (unpaired) electrons. The highest BCUT2D eigenvalue weighted by Crippen LogP contribution is 2.35. The van der Waals surface area contributed by atoms with E-state index in [2.05, 4.69) is 10.6 Å². The Labute approximate surface area is 196 Å². The van der Waals surface area contributed by atoms with Crippen LogP contribution < -0.4 is 15.4 Å². The molecule has 1 aromatic heterocycles. The van der Waals surface area contributed by atoms with E-state index in [-0.39, 0.29) is 23.1 Å². The van der Waals surface area contributed by atoms with Crippen molar-refractivity contribution in [2.45, 2.75) is 27.7 Å². The van der Waals surface area contributed by atoms with E-state index in [4.69, 9.17) is 9.47 Å². The van der Waals surface area contributed by atoms with Crippen LogP contribution in [-0.2, 0) is 4.74 Å². The Morgan fingerprint density at radius 2 is 1.73 bits per heavy atom. The third kappa shape index (κ3) is 5.40. The van der Waals surface area contributed by atoms with Crippen LogP contribution >= 0.6 is 11.3 Å². The second kappa shape index (κ2) is 10.3. The molecule has 2 aromatic carbocycles. The average molecular weight is 467 g/mol. The van der Waals surface area contributed by atoms with Crippen LogP contribution in [0, 0.1) is 20.8 Å². The molecule has 0 aliphatic carbocycles. The molecule has 1 heterocycles. The van der Waals surface area contributed by atoms with Crippen molar-refractivity contribution in [3.63, 3.8) is 0 Å². The van der Waals surface area contributed by atoms with Crippen molar-refractivity contribution in [2.24, 2.45) is 0 Å². The van der Waals surface area contributed by atoms with Crippen LogP contribution in [0.1, 0.15) is 54.0 Å². The highest BCUT2D eigenvalue weighted by atomic mass is 32.1. The molecule has 0 bridgehead atoms. The molecule has 0 aliphatic heterocycles. The van der Waals surface area contributed by atoms with E-state index in [0.29, 0.717) is 27.4 Å². The smallest absolute Gasteiger partial charge is 0.341 e. The first-order valence-electron chi connectivity index (χ1n) is 10.4. The van der Waals surface area contributed by atoms with Crippen LogP contribution in [0.4, 0.5) is 10.7 Å². The monoisotopic (exact) mass is 466 g/mol. The van der Waals surface area contributed by atoms with Gasteiger partial charge >= 0.3 is 5.97 Å². The zero-order valence-corrected chi connectivity index (χ0v) is 20.0. The first kappa shape index (κ1) is 24.0. The van der Waals surface area contributed by atoms with Gasteiger partial charge in [-0.05, 0) is 63.1 Å². The van der Waals surface area contributed by atoms with Crippen LogP contribution in [0.2, 0.25) is 0 Å². The van der Waals surface area contributed by atoms with E-state index in [1.807, 2.05) is 32.0 Å². The number of rotatable bonds is 7. The van der Waals surface area contributed by atoms with E-state index in [9.17, 15) is 14.4 Å². The predicted molar refractivity (Wildman–Crippen MR) is 130 cm³/mol. The molecule has 2 N–H and O–H groups in total. The number of benzene rings is 2. The lowest BCUT2D eigenvalue weighted by molar-refractivity contribution is 0.0527. The molecule has 0 unspecified atom stereocenters. The average Bonchev–Trinajstić information content (AvgIpc) is 3.11. The fourth-order valence-electron chi connectivity index (χ4n) is 3.34. The summed E-state index contributed by atoms with van der Waals surface area (Å²) in [6.07, 6.45) is 0. The molecule has 0 atom stereocenters. The third-order valence-electron chi connectivity index (χ3n) is 5.02. The molecular formula is C25H26N2O5S. The Morgan fingerprint density at radius 1 is 0.970 bits per heavy atom. The molecule has 2 amide bonds. The lowest BCUT2D eigenvalue weighted by Gasteiger charge is -2.09. The van der Waals surface area contributed by atoms with Crippen LogP contribution in [-0.4, -0.2) is 31.5 Å². The van der Waals surface area contributed by atoms with Gasteiger partial charge in [-0.2, -0.15) is 0 Å². The van der Waals surface area contributed by atoms with Gasteiger partial charge in [-0.15, -0.1) is 11.3 Å². The number of anilines is 2. The number of hydrogen-bond acceptors (Lipinski definition) is 6.